The van der Waals surface area contributed by atoms with E-state index in [1.807, 2.05) is 67.6 Å². The SMILES string of the molecule is C[C@H]1C[C@@H](OCc2ccccc2)[C@@H](O)[C@H](O)[C@@H]1OCc1ccccc1. The molecule has 0 aliphatic heterocycles. The first kappa shape index (κ1) is 18.1. The van der Waals surface area contributed by atoms with Gasteiger partial charge in [-0.25, -0.2) is 0 Å². The maximum Gasteiger partial charge on any atom is 0.109 e. The van der Waals surface area contributed by atoms with E-state index in [0.717, 1.165) is 11.1 Å². The van der Waals surface area contributed by atoms with E-state index in [0.29, 0.717) is 19.6 Å². The summed E-state index contributed by atoms with van der Waals surface area (Å²) in [7, 11) is 0. The predicted molar refractivity (Wildman–Crippen MR) is 95.8 cm³/mol. The van der Waals surface area contributed by atoms with Gasteiger partial charge in [-0.3, -0.25) is 0 Å². The zero-order valence-corrected chi connectivity index (χ0v) is 14.5. The summed E-state index contributed by atoms with van der Waals surface area (Å²) in [4.78, 5) is 0. The number of benzene rings is 2. The minimum absolute atomic E-state index is 0.0999. The van der Waals surface area contributed by atoms with Crippen LogP contribution >= 0.6 is 0 Å². The first-order valence-electron chi connectivity index (χ1n) is 8.82. The van der Waals surface area contributed by atoms with Crippen molar-refractivity contribution in [1.82, 2.24) is 0 Å². The van der Waals surface area contributed by atoms with Crippen molar-refractivity contribution in [1.29, 1.82) is 0 Å². The van der Waals surface area contributed by atoms with E-state index >= 15 is 0 Å². The molecule has 0 aromatic heterocycles. The van der Waals surface area contributed by atoms with Crippen LogP contribution in [0, 0.1) is 5.92 Å². The lowest BCUT2D eigenvalue weighted by molar-refractivity contribution is -0.190. The van der Waals surface area contributed by atoms with Gasteiger partial charge in [0.25, 0.3) is 0 Å². The molecule has 0 radical (unpaired) electrons. The zero-order valence-electron chi connectivity index (χ0n) is 14.5. The Kier molecular flexibility index (Phi) is 6.21. The van der Waals surface area contributed by atoms with Gasteiger partial charge < -0.3 is 19.7 Å². The second-order valence-electron chi connectivity index (χ2n) is 6.79. The third-order valence-electron chi connectivity index (χ3n) is 4.82. The standard InChI is InChI=1S/C21H26O4/c1-15-12-18(24-13-16-8-4-2-5-9-16)19(22)20(23)21(15)25-14-17-10-6-3-7-11-17/h2-11,15,18-23H,12-14H2,1H3/t15-,18+,19+,20-,21+/m0/s1. The highest BCUT2D eigenvalue weighted by atomic mass is 16.5. The summed E-state index contributed by atoms with van der Waals surface area (Å²) in [5, 5.41) is 20.9. The highest BCUT2D eigenvalue weighted by Crippen LogP contribution is 2.30. The minimum Gasteiger partial charge on any atom is -0.388 e. The van der Waals surface area contributed by atoms with Crippen molar-refractivity contribution in [2.24, 2.45) is 5.92 Å². The summed E-state index contributed by atoms with van der Waals surface area (Å²) < 4.78 is 11.8. The molecule has 0 saturated heterocycles. The second-order valence-corrected chi connectivity index (χ2v) is 6.79. The fourth-order valence-electron chi connectivity index (χ4n) is 3.36. The summed E-state index contributed by atoms with van der Waals surface area (Å²) in [6.07, 6.45) is -2.02. The Morgan fingerprint density at radius 3 is 1.88 bits per heavy atom. The molecule has 0 amide bonds. The van der Waals surface area contributed by atoms with E-state index in [2.05, 4.69) is 0 Å². The molecule has 1 aliphatic carbocycles. The van der Waals surface area contributed by atoms with Gasteiger partial charge in [-0.05, 0) is 23.5 Å². The third kappa shape index (κ3) is 4.67. The van der Waals surface area contributed by atoms with Gasteiger partial charge in [0.2, 0.25) is 0 Å². The summed E-state index contributed by atoms with van der Waals surface area (Å²) in [5.41, 5.74) is 2.11. The van der Waals surface area contributed by atoms with Crippen LogP contribution in [0.4, 0.5) is 0 Å². The van der Waals surface area contributed by atoms with Crippen LogP contribution in [0.3, 0.4) is 0 Å². The van der Waals surface area contributed by atoms with E-state index in [4.69, 9.17) is 9.47 Å². The van der Waals surface area contributed by atoms with Gasteiger partial charge in [-0.1, -0.05) is 67.6 Å². The fraction of sp³-hybridized carbons (Fsp3) is 0.429. The fourth-order valence-corrected chi connectivity index (χ4v) is 3.36. The average Bonchev–Trinajstić information content (AvgIpc) is 2.65. The number of aliphatic hydroxyl groups excluding tert-OH is 2. The lowest BCUT2D eigenvalue weighted by atomic mass is 9.81. The monoisotopic (exact) mass is 342 g/mol. The number of hydrogen-bond donors (Lipinski definition) is 2. The highest BCUT2D eigenvalue weighted by Gasteiger charge is 2.42. The van der Waals surface area contributed by atoms with Crippen LogP contribution in [0.1, 0.15) is 24.5 Å². The van der Waals surface area contributed by atoms with Crippen LogP contribution < -0.4 is 0 Å². The molecule has 4 heteroatoms. The molecule has 1 fully saturated rings. The van der Waals surface area contributed by atoms with Gasteiger partial charge in [0.1, 0.15) is 12.2 Å². The van der Waals surface area contributed by atoms with Crippen molar-refractivity contribution >= 4 is 0 Å². The maximum absolute atomic E-state index is 10.5. The van der Waals surface area contributed by atoms with E-state index in [9.17, 15) is 10.2 Å². The topological polar surface area (TPSA) is 58.9 Å². The normalized spacial score (nSPS) is 29.5. The summed E-state index contributed by atoms with van der Waals surface area (Å²) >= 11 is 0. The first-order chi connectivity index (χ1) is 12.1. The summed E-state index contributed by atoms with van der Waals surface area (Å²) in [6, 6.07) is 19.7. The van der Waals surface area contributed by atoms with Gasteiger partial charge in [0, 0.05) is 0 Å². The number of rotatable bonds is 6. The van der Waals surface area contributed by atoms with E-state index < -0.39 is 18.3 Å². The number of aliphatic hydroxyl groups is 2. The van der Waals surface area contributed by atoms with Gasteiger partial charge in [-0.15, -0.1) is 0 Å². The molecule has 1 aliphatic rings. The Bertz CT molecular complexity index is 631. The largest absolute Gasteiger partial charge is 0.388 e. The first-order valence-corrected chi connectivity index (χ1v) is 8.82. The molecular formula is C21H26O4. The van der Waals surface area contributed by atoms with Crippen LogP contribution in [-0.4, -0.2) is 34.6 Å². The van der Waals surface area contributed by atoms with Crippen molar-refractivity contribution in [3.8, 4) is 0 Å². The molecule has 2 N–H and O–H groups in total. The molecule has 1 saturated carbocycles. The summed E-state index contributed by atoms with van der Waals surface area (Å²) in [6.45, 7) is 2.89. The Hall–Kier alpha value is -1.72. The van der Waals surface area contributed by atoms with Crippen molar-refractivity contribution in [3.63, 3.8) is 0 Å². The van der Waals surface area contributed by atoms with E-state index in [1.54, 1.807) is 0 Å². The van der Waals surface area contributed by atoms with Crippen LogP contribution in [0.15, 0.2) is 60.7 Å². The molecule has 2 aromatic carbocycles. The van der Waals surface area contributed by atoms with Gasteiger partial charge in [0.15, 0.2) is 0 Å². The Morgan fingerprint density at radius 1 is 0.800 bits per heavy atom. The molecule has 0 spiro atoms. The number of ether oxygens (including phenoxy) is 2. The zero-order chi connectivity index (χ0) is 17.6. The molecule has 3 rings (SSSR count). The third-order valence-corrected chi connectivity index (χ3v) is 4.82. The van der Waals surface area contributed by atoms with E-state index in [1.165, 1.54) is 0 Å². The van der Waals surface area contributed by atoms with Crippen LogP contribution in [-0.2, 0) is 22.7 Å². The Balaban J connectivity index is 1.55. The van der Waals surface area contributed by atoms with Gasteiger partial charge >= 0.3 is 0 Å². The lowest BCUT2D eigenvalue weighted by Crippen LogP contribution is -2.54. The average molecular weight is 342 g/mol. The lowest BCUT2D eigenvalue weighted by Gasteiger charge is -2.41. The highest BCUT2D eigenvalue weighted by molar-refractivity contribution is 5.14. The molecule has 0 unspecified atom stereocenters. The second kappa shape index (κ2) is 8.59. The Morgan fingerprint density at radius 2 is 1.32 bits per heavy atom. The molecule has 0 bridgehead atoms. The molecule has 134 valence electrons. The Labute approximate surface area is 149 Å². The number of hydrogen-bond acceptors (Lipinski definition) is 4. The molecule has 2 aromatic rings. The molecule has 4 nitrogen and oxygen atoms in total. The van der Waals surface area contributed by atoms with Crippen LogP contribution in [0.5, 0.6) is 0 Å². The quantitative estimate of drug-likeness (QED) is 0.847. The maximum atomic E-state index is 10.5. The van der Waals surface area contributed by atoms with Gasteiger partial charge in [0.05, 0.1) is 25.4 Å². The predicted octanol–water partition coefficient (Wildman–Crippen LogP) is 2.92. The molecule has 0 heterocycles. The van der Waals surface area contributed by atoms with Crippen LogP contribution in [0.25, 0.3) is 0 Å². The van der Waals surface area contributed by atoms with Gasteiger partial charge in [-0.2, -0.15) is 0 Å². The smallest absolute Gasteiger partial charge is 0.109 e. The van der Waals surface area contributed by atoms with Crippen molar-refractivity contribution in [3.05, 3.63) is 71.8 Å². The van der Waals surface area contributed by atoms with Crippen molar-refractivity contribution in [2.45, 2.75) is 51.0 Å². The molecular weight excluding hydrogens is 316 g/mol. The minimum atomic E-state index is -0.951. The van der Waals surface area contributed by atoms with Crippen LogP contribution in [0.2, 0.25) is 0 Å². The summed E-state index contributed by atoms with van der Waals surface area (Å²) in [5.74, 6) is 0.0999. The molecule has 5 atom stereocenters. The molecule has 25 heavy (non-hydrogen) atoms. The van der Waals surface area contributed by atoms with E-state index in [-0.39, 0.29) is 12.0 Å². The van der Waals surface area contributed by atoms with Crippen molar-refractivity contribution < 1.29 is 19.7 Å². The van der Waals surface area contributed by atoms with Crippen molar-refractivity contribution in [2.75, 3.05) is 0 Å².